The van der Waals surface area contributed by atoms with Crippen molar-refractivity contribution in [2.75, 3.05) is 24.2 Å². The zero-order valence-electron chi connectivity index (χ0n) is 22.0. The van der Waals surface area contributed by atoms with E-state index in [-0.39, 0.29) is 12.5 Å². The second kappa shape index (κ2) is 12.0. The van der Waals surface area contributed by atoms with Crippen molar-refractivity contribution in [2.24, 2.45) is 0 Å². The number of rotatable bonds is 10. The predicted molar refractivity (Wildman–Crippen MR) is 144 cm³/mol. The van der Waals surface area contributed by atoms with Gasteiger partial charge in [-0.25, -0.2) is 8.42 Å². The van der Waals surface area contributed by atoms with E-state index in [0.717, 1.165) is 16.1 Å². The third-order valence-electron chi connectivity index (χ3n) is 5.49. The molecule has 36 heavy (non-hydrogen) atoms. The molecule has 2 aromatic rings. The van der Waals surface area contributed by atoms with E-state index >= 15 is 0 Å². The molecule has 8 nitrogen and oxygen atoms in total. The molecule has 0 aliphatic heterocycles. The number of hydrogen-bond donors (Lipinski definition) is 1. The molecule has 2 aromatic carbocycles. The highest BCUT2D eigenvalue weighted by molar-refractivity contribution is 7.92. The van der Waals surface area contributed by atoms with Crippen LogP contribution < -0.4 is 14.4 Å². The van der Waals surface area contributed by atoms with Gasteiger partial charge in [0.15, 0.2) is 0 Å². The Bertz CT molecular complexity index is 1190. The van der Waals surface area contributed by atoms with Gasteiger partial charge in [0.2, 0.25) is 21.8 Å². The second-order valence-electron chi connectivity index (χ2n) is 9.74. The fourth-order valence-corrected chi connectivity index (χ4v) is 4.85. The van der Waals surface area contributed by atoms with Gasteiger partial charge in [0.25, 0.3) is 0 Å². The van der Waals surface area contributed by atoms with Crippen molar-refractivity contribution in [3.8, 4) is 5.75 Å². The van der Waals surface area contributed by atoms with Gasteiger partial charge in [-0.2, -0.15) is 0 Å². The van der Waals surface area contributed by atoms with Crippen molar-refractivity contribution >= 4 is 39.1 Å². The van der Waals surface area contributed by atoms with Crippen LogP contribution in [0.4, 0.5) is 5.69 Å². The average molecular weight is 538 g/mol. The molecule has 0 aromatic heterocycles. The van der Waals surface area contributed by atoms with Crippen LogP contribution in [0.5, 0.6) is 5.75 Å². The first-order valence-electron chi connectivity index (χ1n) is 11.6. The fraction of sp³-hybridized carbons (Fsp3) is 0.462. The Morgan fingerprint density at radius 3 is 2.36 bits per heavy atom. The molecule has 0 unspecified atom stereocenters. The fourth-order valence-electron chi connectivity index (χ4n) is 3.79. The van der Waals surface area contributed by atoms with E-state index in [1.165, 1.54) is 11.0 Å². The lowest BCUT2D eigenvalue weighted by atomic mass is 10.1. The summed E-state index contributed by atoms with van der Waals surface area (Å²) in [6.07, 6.45) is 1.38. The molecule has 2 amide bonds. The van der Waals surface area contributed by atoms with Gasteiger partial charge in [0.1, 0.15) is 18.3 Å². The van der Waals surface area contributed by atoms with E-state index in [1.807, 2.05) is 33.8 Å². The molecule has 0 radical (unpaired) electrons. The topological polar surface area (TPSA) is 96.0 Å². The van der Waals surface area contributed by atoms with Crippen LogP contribution in [0.25, 0.3) is 0 Å². The molecule has 0 spiro atoms. The number of sulfonamides is 1. The lowest BCUT2D eigenvalue weighted by Crippen LogP contribution is -2.55. The molecule has 2 rings (SSSR count). The van der Waals surface area contributed by atoms with Gasteiger partial charge in [-0.05, 0) is 69.5 Å². The lowest BCUT2D eigenvalue weighted by Gasteiger charge is -2.34. The minimum Gasteiger partial charge on any atom is -0.497 e. The van der Waals surface area contributed by atoms with Gasteiger partial charge in [-0.15, -0.1) is 0 Å². The average Bonchev–Trinajstić information content (AvgIpc) is 2.77. The Hall–Kier alpha value is -2.78. The van der Waals surface area contributed by atoms with E-state index < -0.39 is 34.1 Å². The number of amides is 2. The number of carbonyl (C=O) groups is 2. The van der Waals surface area contributed by atoms with E-state index in [9.17, 15) is 18.0 Å². The van der Waals surface area contributed by atoms with Gasteiger partial charge in [-0.1, -0.05) is 36.7 Å². The van der Waals surface area contributed by atoms with Crippen LogP contribution in [0.3, 0.4) is 0 Å². The maximum absolute atomic E-state index is 13.8. The number of nitrogens with zero attached hydrogens (tertiary/aromatic N) is 2. The molecule has 0 aliphatic rings. The van der Waals surface area contributed by atoms with Crippen molar-refractivity contribution in [1.82, 2.24) is 10.2 Å². The molecule has 1 atom stereocenters. The first kappa shape index (κ1) is 29.5. The Kier molecular flexibility index (Phi) is 9.79. The normalized spacial score (nSPS) is 12.6. The van der Waals surface area contributed by atoms with E-state index in [0.29, 0.717) is 28.4 Å². The monoisotopic (exact) mass is 537 g/mol. The Morgan fingerprint density at radius 1 is 1.14 bits per heavy atom. The summed E-state index contributed by atoms with van der Waals surface area (Å²) in [7, 11) is -2.30. The van der Waals surface area contributed by atoms with E-state index in [1.54, 1.807) is 44.4 Å². The molecule has 0 heterocycles. The largest absolute Gasteiger partial charge is 0.497 e. The van der Waals surface area contributed by atoms with Crippen LogP contribution in [0, 0.1) is 6.92 Å². The standard InChI is InChI=1S/C26H36ClN3O5S/c1-8-22(25(32)28-26(3,4)5)29(16-19-10-9-11-21(14-19)35-6)24(31)17-30(36(7,33)34)23-15-20(27)13-12-18(23)2/h9-15,22H,8,16-17H2,1-7H3,(H,28,32)/t22-/m1/s1. The molecule has 0 fully saturated rings. The highest BCUT2D eigenvalue weighted by Gasteiger charge is 2.33. The highest BCUT2D eigenvalue weighted by atomic mass is 35.5. The quantitative estimate of drug-likeness (QED) is 0.491. The minimum absolute atomic E-state index is 0.0955. The predicted octanol–water partition coefficient (Wildman–Crippen LogP) is 4.15. The van der Waals surface area contributed by atoms with Crippen LogP contribution in [-0.2, 0) is 26.2 Å². The van der Waals surface area contributed by atoms with Crippen molar-refractivity contribution in [3.63, 3.8) is 0 Å². The number of ether oxygens (including phenoxy) is 1. The van der Waals surface area contributed by atoms with Crippen LogP contribution in [0.2, 0.25) is 5.02 Å². The van der Waals surface area contributed by atoms with Gasteiger partial charge < -0.3 is 15.0 Å². The zero-order chi connectivity index (χ0) is 27.3. The van der Waals surface area contributed by atoms with Crippen LogP contribution in [0.15, 0.2) is 42.5 Å². The molecule has 0 saturated carbocycles. The number of aryl methyl sites for hydroxylation is 1. The number of halogens is 1. The van der Waals surface area contributed by atoms with Gasteiger partial charge >= 0.3 is 0 Å². The van der Waals surface area contributed by atoms with Crippen molar-refractivity contribution in [1.29, 1.82) is 0 Å². The summed E-state index contributed by atoms with van der Waals surface area (Å²) >= 11 is 6.14. The third kappa shape index (κ3) is 8.13. The lowest BCUT2D eigenvalue weighted by molar-refractivity contribution is -0.141. The molecule has 0 bridgehead atoms. The molecular weight excluding hydrogens is 502 g/mol. The Balaban J connectivity index is 2.52. The number of nitrogens with one attached hydrogen (secondary N) is 1. The summed E-state index contributed by atoms with van der Waals surface area (Å²) in [5, 5.41) is 3.29. The summed E-state index contributed by atoms with van der Waals surface area (Å²) < 4.78 is 31.9. The smallest absolute Gasteiger partial charge is 0.244 e. The molecule has 1 N–H and O–H groups in total. The minimum atomic E-state index is -3.84. The van der Waals surface area contributed by atoms with Crippen molar-refractivity contribution < 1.29 is 22.7 Å². The van der Waals surface area contributed by atoms with Gasteiger partial charge in [0, 0.05) is 17.1 Å². The Labute approximate surface area is 219 Å². The number of hydrogen-bond acceptors (Lipinski definition) is 5. The summed E-state index contributed by atoms with van der Waals surface area (Å²) in [5.74, 6) is -0.218. The van der Waals surface area contributed by atoms with Crippen LogP contribution in [0.1, 0.15) is 45.2 Å². The molecule has 10 heteroatoms. The van der Waals surface area contributed by atoms with Crippen molar-refractivity contribution in [2.45, 2.75) is 59.2 Å². The van der Waals surface area contributed by atoms with Crippen molar-refractivity contribution in [3.05, 3.63) is 58.6 Å². The molecule has 0 aliphatic carbocycles. The number of anilines is 1. The maximum atomic E-state index is 13.8. The molecule has 198 valence electrons. The highest BCUT2D eigenvalue weighted by Crippen LogP contribution is 2.27. The number of benzene rings is 2. The number of methoxy groups -OCH3 is 1. The molecular formula is C26H36ClN3O5S. The first-order valence-corrected chi connectivity index (χ1v) is 13.9. The Morgan fingerprint density at radius 2 is 1.81 bits per heavy atom. The zero-order valence-corrected chi connectivity index (χ0v) is 23.5. The number of carbonyl (C=O) groups excluding carboxylic acids is 2. The molecule has 0 saturated heterocycles. The van der Waals surface area contributed by atoms with Crippen LogP contribution in [-0.4, -0.2) is 56.6 Å². The summed E-state index contributed by atoms with van der Waals surface area (Å²) in [5.41, 5.74) is 1.20. The van der Waals surface area contributed by atoms with E-state index in [4.69, 9.17) is 16.3 Å². The summed E-state index contributed by atoms with van der Waals surface area (Å²) in [6.45, 7) is 8.75. The summed E-state index contributed by atoms with van der Waals surface area (Å²) in [6, 6.07) is 11.2. The van der Waals surface area contributed by atoms with Gasteiger partial charge in [0.05, 0.1) is 19.1 Å². The van der Waals surface area contributed by atoms with Gasteiger partial charge in [-0.3, -0.25) is 13.9 Å². The van der Waals surface area contributed by atoms with Crippen LogP contribution >= 0.6 is 11.6 Å². The maximum Gasteiger partial charge on any atom is 0.244 e. The third-order valence-corrected chi connectivity index (χ3v) is 6.85. The second-order valence-corrected chi connectivity index (χ2v) is 12.1. The first-order chi connectivity index (χ1) is 16.7. The SMILES string of the molecule is CC[C@H](C(=O)NC(C)(C)C)N(Cc1cccc(OC)c1)C(=O)CN(c1cc(Cl)ccc1C)S(C)(=O)=O. The van der Waals surface area contributed by atoms with E-state index in [2.05, 4.69) is 5.32 Å². The summed E-state index contributed by atoms with van der Waals surface area (Å²) in [4.78, 5) is 28.4.